The highest BCUT2D eigenvalue weighted by atomic mass is 32.2. The molecule has 1 saturated heterocycles. The van der Waals surface area contributed by atoms with Crippen molar-refractivity contribution in [3.63, 3.8) is 0 Å². The van der Waals surface area contributed by atoms with Gasteiger partial charge in [-0.15, -0.1) is 11.8 Å². The smallest absolute Gasteiger partial charge is 0.227 e. The van der Waals surface area contributed by atoms with Crippen molar-refractivity contribution in [3.8, 4) is 11.1 Å². The van der Waals surface area contributed by atoms with Crippen LogP contribution in [0.25, 0.3) is 28.1 Å². The van der Waals surface area contributed by atoms with E-state index in [0.29, 0.717) is 13.0 Å². The predicted octanol–water partition coefficient (Wildman–Crippen LogP) is 5.88. The molecule has 0 aliphatic carbocycles. The Morgan fingerprint density at radius 1 is 1.19 bits per heavy atom. The summed E-state index contributed by atoms with van der Waals surface area (Å²) in [6.07, 6.45) is 2.74. The maximum Gasteiger partial charge on any atom is 0.227 e. The lowest BCUT2D eigenvalue weighted by Crippen LogP contribution is -2.41. The summed E-state index contributed by atoms with van der Waals surface area (Å²) in [5, 5.41) is 4.51. The van der Waals surface area contributed by atoms with Gasteiger partial charge in [0, 0.05) is 46.8 Å². The quantitative estimate of drug-likeness (QED) is 0.549. The molecule has 3 heterocycles. The summed E-state index contributed by atoms with van der Waals surface area (Å²) >= 11 is 1.84. The highest BCUT2D eigenvalue weighted by Gasteiger charge is 2.36. The second-order valence-electron chi connectivity index (χ2n) is 9.32. The number of nitrogens with one attached hydrogen (secondary N) is 1. The predicted molar refractivity (Wildman–Crippen MR) is 136 cm³/mol. The van der Waals surface area contributed by atoms with Crippen LogP contribution in [0.2, 0.25) is 0 Å². The van der Waals surface area contributed by atoms with E-state index in [4.69, 9.17) is 4.98 Å². The summed E-state index contributed by atoms with van der Waals surface area (Å²) in [5.74, 6) is 1.16. The van der Waals surface area contributed by atoms with Crippen molar-refractivity contribution in [1.82, 2.24) is 10.3 Å². The summed E-state index contributed by atoms with van der Waals surface area (Å²) < 4.78 is 0. The number of fused-ring (bicyclic) bond motifs is 2. The molecule has 5 heteroatoms. The molecule has 0 atom stereocenters. The molecule has 2 aliphatic rings. The normalized spacial score (nSPS) is 19.1. The molecule has 1 N–H and O–H groups in total. The van der Waals surface area contributed by atoms with Crippen LogP contribution in [0, 0.1) is 6.92 Å². The Hall–Kier alpha value is -2.63. The Bertz CT molecular complexity index is 1250. The van der Waals surface area contributed by atoms with Crippen LogP contribution in [-0.2, 0) is 10.2 Å². The van der Waals surface area contributed by atoms with E-state index in [0.717, 1.165) is 34.7 Å². The molecule has 1 aromatic heterocycles. The van der Waals surface area contributed by atoms with E-state index >= 15 is 0 Å². The van der Waals surface area contributed by atoms with Gasteiger partial charge in [0.05, 0.1) is 11.2 Å². The molecule has 0 bridgehead atoms. The van der Waals surface area contributed by atoms with Crippen LogP contribution >= 0.6 is 11.8 Å². The zero-order valence-electron chi connectivity index (χ0n) is 19.2. The molecule has 164 valence electrons. The first-order valence-corrected chi connectivity index (χ1v) is 12.3. The van der Waals surface area contributed by atoms with E-state index in [2.05, 4.69) is 75.5 Å². The van der Waals surface area contributed by atoms with E-state index in [-0.39, 0.29) is 11.3 Å². The van der Waals surface area contributed by atoms with Gasteiger partial charge in [-0.05, 0) is 60.4 Å². The van der Waals surface area contributed by atoms with Crippen molar-refractivity contribution in [1.29, 1.82) is 0 Å². The number of anilines is 1. The number of amides is 1. The van der Waals surface area contributed by atoms with E-state index in [9.17, 15) is 4.79 Å². The molecular weight excluding hydrogens is 414 g/mol. The van der Waals surface area contributed by atoms with Crippen LogP contribution in [0.4, 0.5) is 5.69 Å². The lowest BCUT2D eigenvalue weighted by Gasteiger charge is -2.39. The average Bonchev–Trinajstić information content (AvgIpc) is 3.26. The zero-order chi connectivity index (χ0) is 22.5. The molecule has 0 spiro atoms. The minimum absolute atomic E-state index is 0.163. The molecule has 32 heavy (non-hydrogen) atoms. The minimum atomic E-state index is -0.163. The van der Waals surface area contributed by atoms with Gasteiger partial charge in [0.1, 0.15) is 0 Å². The lowest BCUT2D eigenvalue weighted by atomic mass is 9.75. The van der Waals surface area contributed by atoms with Crippen molar-refractivity contribution >= 4 is 40.3 Å². The topological polar surface area (TPSA) is 45.2 Å². The number of carbonyl (C=O) groups excluding carboxylic acids is 1. The average molecular weight is 444 g/mol. The largest absolute Gasteiger partial charge is 0.312 e. The molecule has 3 aromatic rings. The zero-order valence-corrected chi connectivity index (χ0v) is 20.0. The summed E-state index contributed by atoms with van der Waals surface area (Å²) in [4.78, 5) is 21.1. The van der Waals surface area contributed by atoms with Gasteiger partial charge in [0.25, 0.3) is 0 Å². The van der Waals surface area contributed by atoms with Crippen LogP contribution < -0.4 is 10.2 Å². The summed E-state index contributed by atoms with van der Waals surface area (Å²) in [6, 6.07) is 15.1. The summed E-state index contributed by atoms with van der Waals surface area (Å²) in [5.41, 5.74) is 7.69. The molecule has 1 fully saturated rings. The molecule has 0 saturated carbocycles. The number of nitrogens with zero attached hydrogens (tertiary/aromatic N) is 2. The van der Waals surface area contributed by atoms with E-state index < -0.39 is 0 Å². The van der Waals surface area contributed by atoms with Crippen LogP contribution in [0.5, 0.6) is 0 Å². The highest BCUT2D eigenvalue weighted by Crippen LogP contribution is 2.44. The fourth-order valence-electron chi connectivity index (χ4n) is 4.92. The monoisotopic (exact) mass is 443 g/mol. The van der Waals surface area contributed by atoms with Crippen molar-refractivity contribution in [2.24, 2.45) is 0 Å². The number of pyridine rings is 1. The first-order chi connectivity index (χ1) is 15.4. The number of hydrogen-bond acceptors (Lipinski definition) is 4. The first-order valence-electron chi connectivity index (χ1n) is 11.3. The Morgan fingerprint density at radius 3 is 2.75 bits per heavy atom. The SMILES string of the molecule is CCN1C(=O)CC(C)(C)c2cc(C)c(-c3cc(C=C4CNCS4)nc4ccccc34)cc21. The third-order valence-electron chi connectivity index (χ3n) is 6.57. The van der Waals surface area contributed by atoms with E-state index in [1.807, 2.05) is 22.7 Å². The number of hydrogen-bond donors (Lipinski definition) is 1. The Kier molecular flexibility index (Phi) is 5.34. The number of aromatic nitrogens is 1. The maximum atomic E-state index is 12.9. The molecular formula is C27H29N3OS. The maximum absolute atomic E-state index is 12.9. The fraction of sp³-hybridized carbons (Fsp3) is 0.333. The Labute approximate surface area is 194 Å². The van der Waals surface area contributed by atoms with E-state index in [1.165, 1.54) is 27.2 Å². The lowest BCUT2D eigenvalue weighted by molar-refractivity contribution is -0.120. The van der Waals surface area contributed by atoms with Crippen molar-refractivity contribution in [3.05, 3.63) is 64.2 Å². The van der Waals surface area contributed by atoms with Gasteiger partial charge < -0.3 is 10.2 Å². The third-order valence-corrected chi connectivity index (χ3v) is 7.55. The number of benzene rings is 2. The molecule has 2 aromatic carbocycles. The second kappa shape index (κ2) is 8.05. The molecule has 4 nitrogen and oxygen atoms in total. The molecule has 0 unspecified atom stereocenters. The Balaban J connectivity index is 1.74. The standard InChI is InChI=1S/C27H29N3OS/c1-5-30-25-13-21(17(2)10-23(25)27(3,4)14-26(30)31)22-12-18(11-19-15-28-16-32-19)29-24-9-7-6-8-20(22)24/h6-13,28H,5,14-16H2,1-4H3. The third kappa shape index (κ3) is 3.63. The number of aryl methyl sites for hydroxylation is 1. The molecule has 0 radical (unpaired) electrons. The molecule has 5 rings (SSSR count). The number of rotatable bonds is 3. The van der Waals surface area contributed by atoms with Gasteiger partial charge in [-0.1, -0.05) is 38.1 Å². The highest BCUT2D eigenvalue weighted by molar-refractivity contribution is 8.03. The van der Waals surface area contributed by atoms with E-state index in [1.54, 1.807) is 0 Å². The fourth-order valence-corrected chi connectivity index (χ4v) is 5.72. The van der Waals surface area contributed by atoms with Gasteiger partial charge in [-0.3, -0.25) is 4.79 Å². The van der Waals surface area contributed by atoms with Crippen LogP contribution in [0.3, 0.4) is 0 Å². The first kappa shape index (κ1) is 21.2. The number of thioether (sulfide) groups is 1. The van der Waals surface area contributed by atoms with Gasteiger partial charge in [-0.25, -0.2) is 4.98 Å². The van der Waals surface area contributed by atoms with Gasteiger partial charge in [-0.2, -0.15) is 0 Å². The van der Waals surface area contributed by atoms with Crippen LogP contribution in [0.1, 0.15) is 44.0 Å². The van der Waals surface area contributed by atoms with Crippen LogP contribution in [0.15, 0.2) is 47.4 Å². The van der Waals surface area contributed by atoms with Crippen molar-refractivity contribution < 1.29 is 4.79 Å². The summed E-state index contributed by atoms with van der Waals surface area (Å²) in [6.45, 7) is 10.2. The van der Waals surface area contributed by atoms with Gasteiger partial charge in [0.2, 0.25) is 5.91 Å². The van der Waals surface area contributed by atoms with Gasteiger partial charge in [0.15, 0.2) is 0 Å². The molecule has 1 amide bonds. The minimum Gasteiger partial charge on any atom is -0.312 e. The van der Waals surface area contributed by atoms with Gasteiger partial charge >= 0.3 is 0 Å². The summed E-state index contributed by atoms with van der Waals surface area (Å²) in [7, 11) is 0. The Morgan fingerprint density at radius 2 is 2.00 bits per heavy atom. The van der Waals surface area contributed by atoms with Crippen LogP contribution in [-0.4, -0.2) is 29.9 Å². The molecule has 2 aliphatic heterocycles. The second-order valence-corrected chi connectivity index (χ2v) is 10.4. The number of para-hydroxylation sites is 1. The van der Waals surface area contributed by atoms with Crippen molar-refractivity contribution in [2.75, 3.05) is 23.9 Å². The number of carbonyl (C=O) groups is 1. The van der Waals surface area contributed by atoms with Crippen molar-refractivity contribution in [2.45, 2.75) is 39.5 Å².